The fraction of sp³-hybridized carbons (Fsp3) is 0.308. The first-order valence-electron chi connectivity index (χ1n) is 11.2. The number of nitrogen functional groups attached to an aromatic ring is 1. The summed E-state index contributed by atoms with van der Waals surface area (Å²) in [6.45, 7) is 1.91. The highest BCUT2D eigenvalue weighted by Crippen LogP contribution is 2.50. The van der Waals surface area contributed by atoms with E-state index in [0.717, 1.165) is 48.4 Å². The van der Waals surface area contributed by atoms with Crippen LogP contribution in [0.3, 0.4) is 0 Å². The van der Waals surface area contributed by atoms with E-state index in [0.29, 0.717) is 12.2 Å². The molecule has 33 heavy (non-hydrogen) atoms. The van der Waals surface area contributed by atoms with Crippen LogP contribution in [0, 0.1) is 5.82 Å². The minimum atomic E-state index is -0.649. The van der Waals surface area contributed by atoms with Crippen molar-refractivity contribution in [3.8, 4) is 0 Å². The van der Waals surface area contributed by atoms with Crippen LogP contribution < -0.4 is 10.6 Å². The van der Waals surface area contributed by atoms with Gasteiger partial charge in [-0.1, -0.05) is 36.4 Å². The second-order valence-corrected chi connectivity index (χ2v) is 8.83. The summed E-state index contributed by atoms with van der Waals surface area (Å²) in [6.07, 6.45) is 2.59. The summed E-state index contributed by atoms with van der Waals surface area (Å²) in [5, 5.41) is 0. The molecule has 5 rings (SSSR count). The molecule has 2 aromatic carbocycles. The third-order valence-electron chi connectivity index (χ3n) is 6.68. The molecule has 3 heterocycles. The van der Waals surface area contributed by atoms with Crippen molar-refractivity contribution in [2.24, 2.45) is 0 Å². The lowest BCUT2D eigenvalue weighted by Crippen LogP contribution is -2.43. The summed E-state index contributed by atoms with van der Waals surface area (Å²) in [5.74, 6) is 0.480. The number of ether oxygens (including phenoxy) is 1. The first-order chi connectivity index (χ1) is 15.9. The first kappa shape index (κ1) is 21.4. The number of rotatable bonds is 4. The van der Waals surface area contributed by atoms with Crippen LogP contribution in [0.1, 0.15) is 35.6 Å². The van der Waals surface area contributed by atoms with Gasteiger partial charge >= 0.3 is 0 Å². The number of anilines is 2. The van der Waals surface area contributed by atoms with E-state index >= 15 is 0 Å². The standard InChI is InChI=1S/C26H27FN4O2/c1-30(17-18-6-8-19(27)9-7-18)25(32)24-21-4-2-3-5-22(21)26(33-24)11-14-31(15-12-26)23-16-20(28)10-13-29-23/h2-10,13,16,24H,11-12,14-15,17H2,1H3,(H2,28,29)/t24-/m1/s1. The SMILES string of the molecule is CN(Cc1ccc(F)cc1)C(=O)[C@@H]1OC2(CCN(c3cc(N)ccn3)CC2)c2ccccc21. The molecule has 1 atom stereocenters. The Kier molecular flexibility index (Phi) is 5.50. The van der Waals surface area contributed by atoms with E-state index < -0.39 is 11.7 Å². The molecule has 2 N–H and O–H groups in total. The zero-order chi connectivity index (χ0) is 23.0. The average Bonchev–Trinajstić information content (AvgIpc) is 3.14. The van der Waals surface area contributed by atoms with E-state index in [4.69, 9.17) is 10.5 Å². The Labute approximate surface area is 192 Å². The van der Waals surface area contributed by atoms with Gasteiger partial charge in [0.15, 0.2) is 6.10 Å². The highest BCUT2D eigenvalue weighted by Gasteiger charge is 2.49. The number of hydrogen-bond donors (Lipinski definition) is 1. The van der Waals surface area contributed by atoms with Crippen LogP contribution in [0.2, 0.25) is 0 Å². The molecule has 2 aliphatic rings. The van der Waals surface area contributed by atoms with Crippen LogP contribution in [0.15, 0.2) is 66.9 Å². The predicted octanol–water partition coefficient (Wildman–Crippen LogP) is 4.03. The van der Waals surface area contributed by atoms with Crippen LogP contribution in [0.5, 0.6) is 0 Å². The lowest BCUT2D eigenvalue weighted by molar-refractivity contribution is -0.156. The highest BCUT2D eigenvalue weighted by atomic mass is 19.1. The second kappa shape index (κ2) is 8.48. The number of pyridine rings is 1. The monoisotopic (exact) mass is 446 g/mol. The smallest absolute Gasteiger partial charge is 0.256 e. The van der Waals surface area contributed by atoms with Crippen molar-refractivity contribution in [3.63, 3.8) is 0 Å². The number of benzene rings is 2. The lowest BCUT2D eigenvalue weighted by Gasteiger charge is -2.40. The van der Waals surface area contributed by atoms with Crippen LogP contribution in [0.4, 0.5) is 15.9 Å². The number of fused-ring (bicyclic) bond motifs is 2. The number of amides is 1. The van der Waals surface area contributed by atoms with Crippen molar-refractivity contribution in [1.82, 2.24) is 9.88 Å². The van der Waals surface area contributed by atoms with E-state index in [1.165, 1.54) is 12.1 Å². The first-order valence-corrected chi connectivity index (χ1v) is 11.2. The number of nitrogens with two attached hydrogens (primary N) is 1. The zero-order valence-electron chi connectivity index (χ0n) is 18.6. The van der Waals surface area contributed by atoms with E-state index in [2.05, 4.69) is 16.0 Å². The highest BCUT2D eigenvalue weighted by molar-refractivity contribution is 5.83. The number of likely N-dealkylation sites (N-methyl/N-ethyl adjacent to an activating group) is 1. The summed E-state index contributed by atoms with van der Waals surface area (Å²) in [4.78, 5) is 21.7. The number of piperidine rings is 1. The molecule has 0 radical (unpaired) electrons. The fourth-order valence-corrected chi connectivity index (χ4v) is 4.91. The van der Waals surface area contributed by atoms with Crippen molar-refractivity contribution in [1.29, 1.82) is 0 Å². The van der Waals surface area contributed by atoms with Crippen LogP contribution in [-0.2, 0) is 21.7 Å². The maximum absolute atomic E-state index is 13.4. The molecule has 1 amide bonds. The van der Waals surface area contributed by atoms with Gasteiger partial charge in [-0.15, -0.1) is 0 Å². The van der Waals surface area contributed by atoms with Gasteiger partial charge < -0.3 is 20.3 Å². The zero-order valence-corrected chi connectivity index (χ0v) is 18.6. The quantitative estimate of drug-likeness (QED) is 0.655. The molecule has 1 spiro atoms. The van der Waals surface area contributed by atoms with E-state index in [-0.39, 0.29) is 11.7 Å². The molecule has 0 unspecified atom stereocenters. The molecule has 7 heteroatoms. The maximum atomic E-state index is 13.4. The van der Waals surface area contributed by atoms with Crippen molar-refractivity contribution < 1.29 is 13.9 Å². The number of aromatic nitrogens is 1. The normalized spacial score (nSPS) is 18.8. The van der Waals surface area contributed by atoms with Crippen LogP contribution in [0.25, 0.3) is 0 Å². The Morgan fingerprint density at radius 1 is 1.18 bits per heavy atom. The van der Waals surface area contributed by atoms with Gasteiger partial charge in [0, 0.05) is 44.6 Å². The second-order valence-electron chi connectivity index (χ2n) is 8.83. The molecule has 0 saturated carbocycles. The molecule has 0 aliphatic carbocycles. The number of nitrogens with zero attached hydrogens (tertiary/aromatic N) is 3. The van der Waals surface area contributed by atoms with Crippen molar-refractivity contribution in [2.45, 2.75) is 31.1 Å². The Morgan fingerprint density at radius 3 is 2.64 bits per heavy atom. The lowest BCUT2D eigenvalue weighted by atomic mass is 9.83. The summed E-state index contributed by atoms with van der Waals surface area (Å²) >= 11 is 0. The third kappa shape index (κ3) is 4.04. The van der Waals surface area contributed by atoms with Gasteiger partial charge in [-0.05, 0) is 47.7 Å². The minimum absolute atomic E-state index is 0.0939. The molecular formula is C26H27FN4O2. The van der Waals surface area contributed by atoms with E-state index in [1.54, 1.807) is 36.3 Å². The number of hydrogen-bond acceptors (Lipinski definition) is 5. The molecule has 170 valence electrons. The van der Waals surface area contributed by atoms with Crippen molar-refractivity contribution >= 4 is 17.4 Å². The number of halogens is 1. The van der Waals surface area contributed by atoms with Gasteiger partial charge in [0.05, 0.1) is 5.60 Å². The Hall–Kier alpha value is -3.45. The number of carbonyl (C=O) groups excluding carboxylic acids is 1. The predicted molar refractivity (Wildman–Crippen MR) is 125 cm³/mol. The van der Waals surface area contributed by atoms with E-state index in [1.807, 2.05) is 24.3 Å². The fourth-order valence-electron chi connectivity index (χ4n) is 4.91. The minimum Gasteiger partial charge on any atom is -0.399 e. The molecule has 1 fully saturated rings. The van der Waals surface area contributed by atoms with Crippen LogP contribution >= 0.6 is 0 Å². The van der Waals surface area contributed by atoms with Gasteiger partial charge in [0.25, 0.3) is 5.91 Å². The van der Waals surface area contributed by atoms with Gasteiger partial charge in [-0.25, -0.2) is 9.37 Å². The Bertz CT molecular complexity index is 1160. The molecule has 1 aromatic heterocycles. The molecule has 6 nitrogen and oxygen atoms in total. The van der Waals surface area contributed by atoms with Crippen molar-refractivity contribution in [3.05, 3.63) is 89.4 Å². The Balaban J connectivity index is 1.34. The molecular weight excluding hydrogens is 419 g/mol. The number of carbonyl (C=O) groups is 1. The summed E-state index contributed by atoms with van der Waals surface area (Å²) in [6, 6.07) is 17.9. The average molecular weight is 447 g/mol. The molecule has 1 saturated heterocycles. The third-order valence-corrected chi connectivity index (χ3v) is 6.68. The van der Waals surface area contributed by atoms with Gasteiger partial charge in [0.1, 0.15) is 11.6 Å². The van der Waals surface area contributed by atoms with Gasteiger partial charge in [0.2, 0.25) is 0 Å². The van der Waals surface area contributed by atoms with Gasteiger partial charge in [-0.3, -0.25) is 4.79 Å². The Morgan fingerprint density at radius 2 is 1.91 bits per heavy atom. The topological polar surface area (TPSA) is 71.7 Å². The molecule has 2 aliphatic heterocycles. The summed E-state index contributed by atoms with van der Waals surface area (Å²) in [7, 11) is 1.76. The largest absolute Gasteiger partial charge is 0.399 e. The van der Waals surface area contributed by atoms with Crippen LogP contribution in [-0.4, -0.2) is 35.9 Å². The summed E-state index contributed by atoms with van der Waals surface area (Å²) in [5.41, 5.74) is 9.03. The van der Waals surface area contributed by atoms with Crippen molar-refractivity contribution in [2.75, 3.05) is 30.8 Å². The van der Waals surface area contributed by atoms with E-state index in [9.17, 15) is 9.18 Å². The molecule has 0 bridgehead atoms. The summed E-state index contributed by atoms with van der Waals surface area (Å²) < 4.78 is 19.8. The van der Waals surface area contributed by atoms with Gasteiger partial charge in [-0.2, -0.15) is 0 Å². The maximum Gasteiger partial charge on any atom is 0.256 e. The molecule has 3 aromatic rings.